The Morgan fingerprint density at radius 3 is 2.58 bits per heavy atom. The average Bonchev–Trinajstić information content (AvgIpc) is 2.74. The zero-order chi connectivity index (χ0) is 17.9. The first-order valence-corrected chi connectivity index (χ1v) is 8.08. The zero-order valence-electron chi connectivity index (χ0n) is 14.4. The van der Waals surface area contributed by atoms with Crippen LogP contribution >= 0.6 is 0 Å². The van der Waals surface area contributed by atoms with Crippen molar-refractivity contribution in [2.24, 2.45) is 7.05 Å². The van der Waals surface area contributed by atoms with Crippen molar-refractivity contribution in [3.05, 3.63) is 17.5 Å². The molecule has 1 N–H and O–H groups in total. The third-order valence-corrected chi connectivity index (χ3v) is 4.60. The fourth-order valence-corrected chi connectivity index (χ4v) is 3.12. The van der Waals surface area contributed by atoms with Crippen molar-refractivity contribution < 1.29 is 19.5 Å². The molecule has 1 aromatic heterocycles. The predicted molar refractivity (Wildman–Crippen MR) is 86.5 cm³/mol. The Labute approximate surface area is 141 Å². The third-order valence-electron chi connectivity index (χ3n) is 4.60. The first kappa shape index (κ1) is 18.0. The number of likely N-dealkylation sites (tertiary alicyclic amines) is 1. The number of hydrogen-bond donors (Lipinski definition) is 1. The second kappa shape index (κ2) is 7.46. The molecule has 1 aliphatic rings. The Morgan fingerprint density at radius 2 is 2.04 bits per heavy atom. The number of hydrogen-bond acceptors (Lipinski definition) is 4. The van der Waals surface area contributed by atoms with Crippen LogP contribution in [0.5, 0.6) is 0 Å². The smallest absolute Gasteiger partial charge is 0.323 e. The molecule has 2 rings (SSSR count). The second-order valence-corrected chi connectivity index (χ2v) is 6.18. The van der Waals surface area contributed by atoms with E-state index in [0.717, 1.165) is 12.1 Å². The highest BCUT2D eigenvalue weighted by Gasteiger charge is 2.28. The lowest BCUT2D eigenvalue weighted by Crippen LogP contribution is -2.43. The highest BCUT2D eigenvalue weighted by molar-refractivity contribution is 5.95. The van der Waals surface area contributed by atoms with Crippen molar-refractivity contribution in [3.63, 3.8) is 0 Å². The number of aliphatic carboxylic acids is 1. The van der Waals surface area contributed by atoms with Crippen LogP contribution in [-0.2, 0) is 16.6 Å². The van der Waals surface area contributed by atoms with Crippen molar-refractivity contribution in [3.8, 4) is 0 Å². The molecule has 24 heavy (non-hydrogen) atoms. The number of amides is 2. The van der Waals surface area contributed by atoms with Crippen molar-refractivity contribution in [1.82, 2.24) is 19.6 Å². The normalized spacial score (nSPS) is 18.1. The van der Waals surface area contributed by atoms with Gasteiger partial charge in [-0.05, 0) is 26.2 Å². The number of carbonyl (C=O) groups excluding carboxylic acids is 2. The minimum absolute atomic E-state index is 0.0612. The maximum atomic E-state index is 12.7. The first-order chi connectivity index (χ1) is 11.3. The lowest BCUT2D eigenvalue weighted by Gasteiger charge is -2.28. The van der Waals surface area contributed by atoms with Gasteiger partial charge in [0.2, 0.25) is 5.91 Å². The molecule has 1 atom stereocenters. The molecule has 1 unspecified atom stereocenters. The summed E-state index contributed by atoms with van der Waals surface area (Å²) in [4.78, 5) is 38.6. The molecule has 1 saturated heterocycles. The highest BCUT2D eigenvalue weighted by atomic mass is 16.4. The molecule has 0 saturated carbocycles. The van der Waals surface area contributed by atoms with Crippen molar-refractivity contribution in [2.45, 2.75) is 39.2 Å². The van der Waals surface area contributed by atoms with Gasteiger partial charge in [-0.1, -0.05) is 0 Å². The van der Waals surface area contributed by atoms with E-state index in [4.69, 9.17) is 5.11 Å². The van der Waals surface area contributed by atoms with E-state index in [2.05, 4.69) is 5.10 Å². The van der Waals surface area contributed by atoms with Crippen LogP contribution in [-0.4, -0.2) is 68.1 Å². The van der Waals surface area contributed by atoms with Crippen LogP contribution in [0.15, 0.2) is 6.20 Å². The van der Waals surface area contributed by atoms with E-state index in [1.54, 1.807) is 22.8 Å². The van der Waals surface area contributed by atoms with Crippen LogP contribution in [0.1, 0.15) is 42.2 Å². The first-order valence-electron chi connectivity index (χ1n) is 8.08. The molecule has 8 heteroatoms. The molecule has 1 aliphatic heterocycles. The van der Waals surface area contributed by atoms with Crippen LogP contribution in [0, 0.1) is 6.92 Å². The Bertz CT molecular complexity index is 640. The topological polar surface area (TPSA) is 95.7 Å². The molecule has 2 amide bonds. The molecule has 1 aromatic rings. The number of nitrogens with zero attached hydrogens (tertiary/aromatic N) is 4. The number of carboxylic acid groups (broad SMARTS) is 1. The predicted octanol–water partition coefficient (Wildman–Crippen LogP) is 0.656. The molecule has 0 aromatic carbocycles. The van der Waals surface area contributed by atoms with Gasteiger partial charge in [-0.25, -0.2) is 0 Å². The minimum atomic E-state index is -1.02. The fraction of sp³-hybridized carbons (Fsp3) is 0.625. The average molecular weight is 336 g/mol. The summed E-state index contributed by atoms with van der Waals surface area (Å²) in [6.07, 6.45) is 3.59. The number of rotatable bonds is 4. The molecule has 132 valence electrons. The standard InChI is InChI=1S/C16H24N4O4/c1-11-14(9-17-18(11)3)16(24)19-7-4-5-13(6-8-19)20(12(2)21)10-15(22)23/h9,13H,4-8,10H2,1-3H3,(H,22,23). The minimum Gasteiger partial charge on any atom is -0.480 e. The van der Waals surface area contributed by atoms with Crippen LogP contribution < -0.4 is 0 Å². The Morgan fingerprint density at radius 1 is 1.33 bits per heavy atom. The van der Waals surface area contributed by atoms with Gasteiger partial charge in [0, 0.05) is 38.8 Å². The van der Waals surface area contributed by atoms with E-state index in [9.17, 15) is 14.4 Å². The maximum Gasteiger partial charge on any atom is 0.323 e. The SMILES string of the molecule is CC(=O)N(CC(=O)O)C1CCCN(C(=O)c2cnn(C)c2C)CC1. The van der Waals surface area contributed by atoms with E-state index in [1.807, 2.05) is 6.92 Å². The van der Waals surface area contributed by atoms with E-state index >= 15 is 0 Å². The van der Waals surface area contributed by atoms with Crippen molar-refractivity contribution in [1.29, 1.82) is 0 Å². The second-order valence-electron chi connectivity index (χ2n) is 6.18. The molecule has 1 fully saturated rings. The molecule has 2 heterocycles. The van der Waals surface area contributed by atoms with Gasteiger partial charge in [0.05, 0.1) is 11.8 Å². The van der Waals surface area contributed by atoms with Crippen LogP contribution in [0.3, 0.4) is 0 Å². The summed E-state index contributed by atoms with van der Waals surface area (Å²) in [5.74, 6) is -1.33. The summed E-state index contributed by atoms with van der Waals surface area (Å²) in [6.45, 7) is 4.04. The summed E-state index contributed by atoms with van der Waals surface area (Å²) in [5, 5.41) is 13.1. The number of carbonyl (C=O) groups is 3. The number of carboxylic acids is 1. The van der Waals surface area contributed by atoms with Crippen molar-refractivity contribution >= 4 is 17.8 Å². The van der Waals surface area contributed by atoms with E-state index in [0.29, 0.717) is 31.5 Å². The summed E-state index contributed by atoms with van der Waals surface area (Å²) in [5.41, 5.74) is 1.40. The summed E-state index contributed by atoms with van der Waals surface area (Å²) >= 11 is 0. The van der Waals surface area contributed by atoms with Crippen LogP contribution in [0.4, 0.5) is 0 Å². The van der Waals surface area contributed by atoms with Gasteiger partial charge in [0.25, 0.3) is 5.91 Å². The lowest BCUT2D eigenvalue weighted by atomic mass is 10.1. The van der Waals surface area contributed by atoms with Crippen LogP contribution in [0.2, 0.25) is 0 Å². The summed E-state index contributed by atoms with van der Waals surface area (Å²) in [6, 6.07) is -0.147. The van der Waals surface area contributed by atoms with E-state index in [-0.39, 0.29) is 24.4 Å². The molecule has 0 aliphatic carbocycles. The number of aromatic nitrogens is 2. The van der Waals surface area contributed by atoms with Gasteiger partial charge < -0.3 is 14.9 Å². The lowest BCUT2D eigenvalue weighted by molar-refractivity contribution is -0.145. The van der Waals surface area contributed by atoms with Gasteiger partial charge in [-0.15, -0.1) is 0 Å². The van der Waals surface area contributed by atoms with Gasteiger partial charge in [-0.3, -0.25) is 19.1 Å². The van der Waals surface area contributed by atoms with Gasteiger partial charge >= 0.3 is 5.97 Å². The summed E-state index contributed by atoms with van der Waals surface area (Å²) in [7, 11) is 1.79. The molecule has 8 nitrogen and oxygen atoms in total. The largest absolute Gasteiger partial charge is 0.480 e. The quantitative estimate of drug-likeness (QED) is 0.871. The zero-order valence-corrected chi connectivity index (χ0v) is 14.4. The maximum absolute atomic E-state index is 12.7. The summed E-state index contributed by atoms with van der Waals surface area (Å²) < 4.78 is 1.66. The van der Waals surface area contributed by atoms with Gasteiger partial charge in [0.15, 0.2) is 0 Å². The molecular formula is C16H24N4O4. The monoisotopic (exact) mass is 336 g/mol. The molecule has 0 spiro atoms. The molecular weight excluding hydrogens is 312 g/mol. The third kappa shape index (κ3) is 3.93. The van der Waals surface area contributed by atoms with Gasteiger partial charge in [0.1, 0.15) is 6.54 Å². The van der Waals surface area contributed by atoms with Gasteiger partial charge in [-0.2, -0.15) is 5.10 Å². The molecule has 0 bridgehead atoms. The number of aryl methyl sites for hydroxylation is 1. The van der Waals surface area contributed by atoms with E-state index in [1.165, 1.54) is 11.8 Å². The Balaban J connectivity index is 2.06. The fourth-order valence-electron chi connectivity index (χ4n) is 3.12. The molecule has 0 radical (unpaired) electrons. The Kier molecular flexibility index (Phi) is 5.58. The van der Waals surface area contributed by atoms with E-state index < -0.39 is 5.97 Å². The van der Waals surface area contributed by atoms with Crippen molar-refractivity contribution in [2.75, 3.05) is 19.6 Å². The van der Waals surface area contributed by atoms with Crippen LogP contribution in [0.25, 0.3) is 0 Å². The Hall–Kier alpha value is -2.38. The highest BCUT2D eigenvalue weighted by Crippen LogP contribution is 2.19.